The molecule has 1 heterocycles. The first kappa shape index (κ1) is 14.2. The van der Waals surface area contributed by atoms with Gasteiger partial charge in [-0.1, -0.05) is 17.7 Å². The zero-order valence-electron chi connectivity index (χ0n) is 10.4. The molecule has 1 aromatic carbocycles. The second kappa shape index (κ2) is 5.83. The molecule has 2 aromatic rings. The lowest BCUT2D eigenvalue weighted by Gasteiger charge is -2.15. The predicted octanol–water partition coefficient (Wildman–Crippen LogP) is 3.92. The molecule has 0 saturated carbocycles. The fraction of sp³-hybridized carbons (Fsp3) is 0.154. The lowest BCUT2D eigenvalue weighted by molar-refractivity contribution is -0.390. The largest absolute Gasteiger partial charge is 0.478 e. The molecule has 1 unspecified atom stereocenters. The smallest absolute Gasteiger partial charge is 0.406 e. The number of halogens is 2. The molecule has 0 spiro atoms. The van der Waals surface area contributed by atoms with Crippen LogP contribution in [0.5, 0.6) is 5.75 Å². The first-order valence-corrected chi connectivity index (χ1v) is 6.08. The molecule has 0 aliphatic rings. The molecule has 5 nitrogen and oxygen atoms in total. The van der Waals surface area contributed by atoms with Gasteiger partial charge in [-0.05, 0) is 46.7 Å². The maximum Gasteiger partial charge on any atom is 0.406 e. The number of nitrogens with zero attached hydrogens (tertiary/aromatic N) is 2. The molecule has 0 N–H and O–H groups in total. The summed E-state index contributed by atoms with van der Waals surface area (Å²) in [5.74, 6) is -0.854. The molecule has 0 aliphatic heterocycles. The van der Waals surface area contributed by atoms with Gasteiger partial charge in [-0.3, -0.25) is 0 Å². The van der Waals surface area contributed by atoms with Gasteiger partial charge in [-0.25, -0.2) is 4.39 Å². The van der Waals surface area contributed by atoms with E-state index in [1.165, 1.54) is 36.5 Å². The maximum absolute atomic E-state index is 13.1. The zero-order chi connectivity index (χ0) is 14.7. The summed E-state index contributed by atoms with van der Waals surface area (Å²) in [6.07, 6.45) is 0.778. The van der Waals surface area contributed by atoms with Crippen molar-refractivity contribution in [2.75, 3.05) is 0 Å². The molecule has 2 rings (SSSR count). The summed E-state index contributed by atoms with van der Waals surface area (Å²) in [5, 5.41) is 10.8. The van der Waals surface area contributed by atoms with E-state index >= 15 is 0 Å². The fourth-order valence-corrected chi connectivity index (χ4v) is 1.82. The second-order valence-corrected chi connectivity index (χ2v) is 4.42. The predicted molar refractivity (Wildman–Crippen MR) is 71.3 cm³/mol. The Bertz CT molecular complexity index is 651. The van der Waals surface area contributed by atoms with E-state index in [1.807, 2.05) is 0 Å². The topological polar surface area (TPSA) is 65.3 Å². The van der Waals surface area contributed by atoms with Gasteiger partial charge < -0.3 is 14.9 Å². The van der Waals surface area contributed by atoms with Crippen LogP contribution in [0, 0.1) is 15.9 Å². The van der Waals surface area contributed by atoms with Crippen molar-refractivity contribution in [3.8, 4) is 5.75 Å². The van der Waals surface area contributed by atoms with Gasteiger partial charge in [0.05, 0.1) is 5.02 Å². The van der Waals surface area contributed by atoms with E-state index in [-0.39, 0.29) is 16.6 Å². The number of ether oxygens (including phenoxy) is 1. The molecule has 7 heteroatoms. The molecule has 1 aromatic heterocycles. The van der Waals surface area contributed by atoms with Crippen LogP contribution in [0.1, 0.15) is 18.6 Å². The van der Waals surface area contributed by atoms with Gasteiger partial charge in [0.2, 0.25) is 5.75 Å². The van der Waals surface area contributed by atoms with E-state index in [4.69, 9.17) is 16.3 Å². The first-order chi connectivity index (χ1) is 9.49. The molecule has 1 atom stereocenters. The Kier molecular flexibility index (Phi) is 4.14. The van der Waals surface area contributed by atoms with Crippen LogP contribution in [-0.4, -0.2) is 9.91 Å². The zero-order valence-corrected chi connectivity index (χ0v) is 11.2. The Morgan fingerprint density at radius 3 is 2.85 bits per heavy atom. The Balaban J connectivity index is 2.25. The summed E-state index contributed by atoms with van der Waals surface area (Å²) in [4.78, 5) is 13.9. The van der Waals surface area contributed by atoms with Crippen LogP contribution < -0.4 is 4.74 Å². The van der Waals surface area contributed by atoms with E-state index in [1.54, 1.807) is 6.92 Å². The van der Waals surface area contributed by atoms with Gasteiger partial charge in [0.1, 0.15) is 18.1 Å². The average molecular weight is 297 g/mol. The minimum Gasteiger partial charge on any atom is -0.478 e. The number of benzene rings is 1. The van der Waals surface area contributed by atoms with Crippen molar-refractivity contribution >= 4 is 17.4 Å². The number of pyridine rings is 1. The third-order valence-corrected chi connectivity index (χ3v) is 2.93. The van der Waals surface area contributed by atoms with E-state index in [2.05, 4.69) is 4.98 Å². The van der Waals surface area contributed by atoms with Crippen molar-refractivity contribution in [1.82, 2.24) is 4.98 Å². The Morgan fingerprint density at radius 1 is 1.45 bits per heavy atom. The Labute approximate surface area is 119 Å². The van der Waals surface area contributed by atoms with Crippen molar-refractivity contribution in [3.05, 3.63) is 63.0 Å². The van der Waals surface area contributed by atoms with Crippen molar-refractivity contribution < 1.29 is 14.1 Å². The lowest BCUT2D eigenvalue weighted by Crippen LogP contribution is -2.06. The van der Waals surface area contributed by atoms with Crippen molar-refractivity contribution in [1.29, 1.82) is 0 Å². The lowest BCUT2D eigenvalue weighted by atomic mass is 10.1. The number of rotatable bonds is 4. The van der Waals surface area contributed by atoms with E-state index in [0.29, 0.717) is 5.56 Å². The summed E-state index contributed by atoms with van der Waals surface area (Å²) < 4.78 is 18.6. The van der Waals surface area contributed by atoms with Crippen LogP contribution in [0.15, 0.2) is 36.5 Å². The Hall–Kier alpha value is -2.21. The number of hydrogen-bond donors (Lipinski definition) is 0. The standard InChI is InChI=1S/C13H10ClFN2O3/c1-8(9-4-5-11(15)10(14)7-9)20-12-3-2-6-16-13(12)17(18)19/h2-8H,1H3. The van der Waals surface area contributed by atoms with E-state index in [0.717, 1.165) is 0 Å². The maximum atomic E-state index is 13.1. The summed E-state index contributed by atoms with van der Waals surface area (Å²) >= 11 is 5.69. The number of aromatic nitrogens is 1. The van der Waals surface area contributed by atoms with E-state index < -0.39 is 16.8 Å². The molecular formula is C13H10ClFN2O3. The fourth-order valence-electron chi connectivity index (χ4n) is 1.64. The summed E-state index contributed by atoms with van der Waals surface area (Å²) in [6.45, 7) is 1.68. The van der Waals surface area contributed by atoms with Crippen LogP contribution in [0.2, 0.25) is 5.02 Å². The minimum absolute atomic E-state index is 0.0290. The van der Waals surface area contributed by atoms with E-state index in [9.17, 15) is 14.5 Å². The van der Waals surface area contributed by atoms with Crippen molar-refractivity contribution in [2.45, 2.75) is 13.0 Å². The number of nitro groups is 1. The summed E-state index contributed by atoms with van der Waals surface area (Å²) in [5.41, 5.74) is 0.606. The van der Waals surface area contributed by atoms with Gasteiger partial charge in [-0.2, -0.15) is 0 Å². The highest BCUT2D eigenvalue weighted by atomic mass is 35.5. The molecule has 0 aliphatic carbocycles. The number of hydrogen-bond acceptors (Lipinski definition) is 4. The minimum atomic E-state index is -0.625. The second-order valence-electron chi connectivity index (χ2n) is 4.02. The first-order valence-electron chi connectivity index (χ1n) is 5.70. The molecule has 0 amide bonds. The molecule has 104 valence electrons. The third-order valence-electron chi connectivity index (χ3n) is 2.64. The van der Waals surface area contributed by atoms with Gasteiger partial charge in [0.15, 0.2) is 0 Å². The molecule has 20 heavy (non-hydrogen) atoms. The van der Waals surface area contributed by atoms with Crippen LogP contribution >= 0.6 is 11.6 Å². The van der Waals surface area contributed by atoms with Crippen molar-refractivity contribution in [3.63, 3.8) is 0 Å². The average Bonchev–Trinajstić information content (AvgIpc) is 2.42. The van der Waals surface area contributed by atoms with Gasteiger partial charge in [-0.15, -0.1) is 0 Å². The highest BCUT2D eigenvalue weighted by Crippen LogP contribution is 2.29. The summed E-state index contributed by atoms with van der Waals surface area (Å²) in [7, 11) is 0. The van der Waals surface area contributed by atoms with Crippen LogP contribution in [0.25, 0.3) is 0 Å². The highest BCUT2D eigenvalue weighted by Gasteiger charge is 2.19. The molecule has 0 fully saturated rings. The van der Waals surface area contributed by atoms with Gasteiger partial charge in [0.25, 0.3) is 0 Å². The molecular weight excluding hydrogens is 287 g/mol. The normalized spacial score (nSPS) is 11.9. The molecule has 0 saturated heterocycles. The molecule has 0 bridgehead atoms. The van der Waals surface area contributed by atoms with Gasteiger partial charge >= 0.3 is 5.82 Å². The van der Waals surface area contributed by atoms with Crippen LogP contribution in [0.3, 0.4) is 0 Å². The quantitative estimate of drug-likeness (QED) is 0.633. The van der Waals surface area contributed by atoms with Crippen LogP contribution in [0.4, 0.5) is 10.2 Å². The Morgan fingerprint density at radius 2 is 2.20 bits per heavy atom. The van der Waals surface area contributed by atoms with Gasteiger partial charge in [0, 0.05) is 0 Å². The third kappa shape index (κ3) is 3.03. The summed E-state index contributed by atoms with van der Waals surface area (Å²) in [6, 6.07) is 7.13. The monoisotopic (exact) mass is 296 g/mol. The highest BCUT2D eigenvalue weighted by molar-refractivity contribution is 6.30. The SMILES string of the molecule is CC(Oc1cccnc1[N+](=O)[O-])c1ccc(F)c(Cl)c1. The van der Waals surface area contributed by atoms with Crippen molar-refractivity contribution in [2.24, 2.45) is 0 Å². The molecule has 0 radical (unpaired) electrons. The van der Waals surface area contributed by atoms with Crippen LogP contribution in [-0.2, 0) is 0 Å².